The molecule has 1 amide bonds. The first-order valence-electron chi connectivity index (χ1n) is 4.73. The van der Waals surface area contributed by atoms with Gasteiger partial charge in [-0.15, -0.1) is 0 Å². The van der Waals surface area contributed by atoms with Crippen LogP contribution in [0.25, 0.3) is 0 Å². The predicted octanol–water partition coefficient (Wildman–Crippen LogP) is 1.41. The molecule has 1 aromatic heterocycles. The van der Waals surface area contributed by atoms with Crippen molar-refractivity contribution in [3.05, 3.63) is 29.6 Å². The van der Waals surface area contributed by atoms with Crippen LogP contribution in [0.5, 0.6) is 0 Å². The van der Waals surface area contributed by atoms with E-state index in [2.05, 4.69) is 11.1 Å². The highest BCUT2D eigenvalue weighted by atomic mass is 16.2. The molecule has 0 aromatic carbocycles. The molecule has 0 aliphatic heterocycles. The minimum atomic E-state index is 0.102. The second-order valence-electron chi connectivity index (χ2n) is 3.50. The number of nitrogens with zero attached hydrogens (tertiary/aromatic N) is 2. The zero-order chi connectivity index (χ0) is 10.6. The van der Waals surface area contributed by atoms with Crippen molar-refractivity contribution in [3.8, 4) is 0 Å². The van der Waals surface area contributed by atoms with Crippen molar-refractivity contribution in [2.45, 2.75) is 20.3 Å². The molecule has 0 fully saturated rings. The molecular formula is C11H16N2O. The van der Waals surface area contributed by atoms with Crippen LogP contribution in [-0.4, -0.2) is 29.4 Å². The largest absolute Gasteiger partial charge is 0.346 e. The minimum Gasteiger partial charge on any atom is -0.346 e. The number of amides is 1. The lowest BCUT2D eigenvalue weighted by atomic mass is 10.2. The highest BCUT2D eigenvalue weighted by Crippen LogP contribution is 2.01. The van der Waals surface area contributed by atoms with E-state index in [1.807, 2.05) is 26.2 Å². The second kappa shape index (κ2) is 4.74. The van der Waals surface area contributed by atoms with Gasteiger partial charge in [0.1, 0.15) is 0 Å². The van der Waals surface area contributed by atoms with E-state index in [1.165, 1.54) is 5.56 Å². The molecular weight excluding hydrogens is 176 g/mol. The summed E-state index contributed by atoms with van der Waals surface area (Å²) in [6.45, 7) is 4.29. The predicted molar refractivity (Wildman–Crippen MR) is 56.0 cm³/mol. The van der Waals surface area contributed by atoms with Crippen LogP contribution in [0.2, 0.25) is 0 Å². The summed E-state index contributed by atoms with van der Waals surface area (Å²) in [5.74, 6) is 0.102. The normalized spacial score (nSPS) is 9.93. The van der Waals surface area contributed by atoms with Crippen molar-refractivity contribution in [3.63, 3.8) is 0 Å². The van der Waals surface area contributed by atoms with Crippen LogP contribution in [-0.2, 0) is 11.2 Å². The molecule has 0 radical (unpaired) electrons. The fraction of sp³-hybridized carbons (Fsp3) is 0.455. The van der Waals surface area contributed by atoms with E-state index < -0.39 is 0 Å². The van der Waals surface area contributed by atoms with E-state index in [0.29, 0.717) is 0 Å². The lowest BCUT2D eigenvalue weighted by Gasteiger charge is -2.14. The highest BCUT2D eigenvalue weighted by Gasteiger charge is 2.01. The first-order chi connectivity index (χ1) is 6.59. The molecule has 0 saturated carbocycles. The summed E-state index contributed by atoms with van der Waals surface area (Å²) in [5, 5.41) is 0. The van der Waals surface area contributed by atoms with Gasteiger partial charge in [-0.1, -0.05) is 6.07 Å². The van der Waals surface area contributed by atoms with E-state index >= 15 is 0 Å². The van der Waals surface area contributed by atoms with Crippen LogP contribution < -0.4 is 0 Å². The van der Waals surface area contributed by atoms with Gasteiger partial charge in [-0.25, -0.2) is 0 Å². The third kappa shape index (κ3) is 3.17. The number of hydrogen-bond acceptors (Lipinski definition) is 2. The first kappa shape index (κ1) is 10.7. The van der Waals surface area contributed by atoms with Crippen LogP contribution in [0, 0.1) is 6.92 Å². The molecule has 0 saturated heterocycles. The van der Waals surface area contributed by atoms with Gasteiger partial charge in [0.2, 0.25) is 5.91 Å². The van der Waals surface area contributed by atoms with E-state index in [1.54, 1.807) is 11.8 Å². The molecule has 0 bridgehead atoms. The van der Waals surface area contributed by atoms with E-state index in [0.717, 1.165) is 18.7 Å². The molecule has 0 aliphatic rings. The van der Waals surface area contributed by atoms with Gasteiger partial charge < -0.3 is 4.90 Å². The number of aryl methyl sites for hydroxylation is 1. The fourth-order valence-corrected chi connectivity index (χ4v) is 1.10. The number of aromatic nitrogens is 1. The van der Waals surface area contributed by atoms with Crippen LogP contribution in [0.4, 0.5) is 0 Å². The third-order valence-corrected chi connectivity index (χ3v) is 2.25. The molecule has 0 unspecified atom stereocenters. The highest BCUT2D eigenvalue weighted by molar-refractivity contribution is 5.72. The Bertz CT molecular complexity index is 306. The quantitative estimate of drug-likeness (QED) is 0.725. The fourth-order valence-electron chi connectivity index (χ4n) is 1.10. The summed E-state index contributed by atoms with van der Waals surface area (Å²) in [4.78, 5) is 16.8. The maximum atomic E-state index is 10.9. The smallest absolute Gasteiger partial charge is 0.219 e. The molecule has 3 heteroatoms. The number of hydrogen-bond donors (Lipinski definition) is 0. The molecule has 1 heterocycles. The molecule has 76 valence electrons. The number of pyridine rings is 1. The van der Waals surface area contributed by atoms with Gasteiger partial charge in [0.25, 0.3) is 0 Å². The Kier molecular flexibility index (Phi) is 3.63. The average molecular weight is 192 g/mol. The van der Waals surface area contributed by atoms with Gasteiger partial charge in [0.15, 0.2) is 0 Å². The van der Waals surface area contributed by atoms with Crippen molar-refractivity contribution in [1.29, 1.82) is 0 Å². The third-order valence-electron chi connectivity index (χ3n) is 2.25. The van der Waals surface area contributed by atoms with Crippen molar-refractivity contribution in [2.24, 2.45) is 0 Å². The molecule has 1 aromatic rings. The minimum absolute atomic E-state index is 0.102. The van der Waals surface area contributed by atoms with Gasteiger partial charge >= 0.3 is 0 Å². The lowest BCUT2D eigenvalue weighted by Crippen LogP contribution is -2.26. The summed E-state index contributed by atoms with van der Waals surface area (Å²) >= 11 is 0. The maximum Gasteiger partial charge on any atom is 0.219 e. The van der Waals surface area contributed by atoms with Crippen LogP contribution in [0.1, 0.15) is 18.2 Å². The number of carbonyl (C=O) groups excluding carboxylic acids is 1. The number of carbonyl (C=O) groups is 1. The van der Waals surface area contributed by atoms with Gasteiger partial charge in [0.05, 0.1) is 0 Å². The van der Waals surface area contributed by atoms with Crippen LogP contribution in [0.15, 0.2) is 18.3 Å². The topological polar surface area (TPSA) is 33.2 Å². The summed E-state index contributed by atoms with van der Waals surface area (Å²) in [6, 6.07) is 4.04. The molecule has 3 nitrogen and oxygen atoms in total. The molecule has 1 rings (SSSR count). The molecule has 14 heavy (non-hydrogen) atoms. The number of rotatable bonds is 3. The van der Waals surface area contributed by atoms with Gasteiger partial charge in [-0.3, -0.25) is 9.78 Å². The maximum absolute atomic E-state index is 10.9. The van der Waals surface area contributed by atoms with E-state index in [-0.39, 0.29) is 5.91 Å². The standard InChI is InChI=1S/C11H16N2O/c1-9-4-5-11(8-12-9)6-7-13(3)10(2)14/h4-5,8H,6-7H2,1-3H3. The Morgan fingerprint density at radius 1 is 1.50 bits per heavy atom. The Hall–Kier alpha value is -1.38. The molecule has 0 N–H and O–H groups in total. The Morgan fingerprint density at radius 2 is 2.21 bits per heavy atom. The number of likely N-dealkylation sites (N-methyl/N-ethyl adjacent to an activating group) is 1. The summed E-state index contributed by atoms with van der Waals surface area (Å²) in [6.07, 6.45) is 2.73. The molecule has 0 spiro atoms. The van der Waals surface area contributed by atoms with Gasteiger partial charge in [-0.05, 0) is 25.0 Å². The van der Waals surface area contributed by atoms with Crippen molar-refractivity contribution >= 4 is 5.91 Å². The zero-order valence-corrected chi connectivity index (χ0v) is 8.95. The van der Waals surface area contributed by atoms with Gasteiger partial charge in [-0.2, -0.15) is 0 Å². The van der Waals surface area contributed by atoms with E-state index in [9.17, 15) is 4.79 Å². The SMILES string of the molecule is CC(=O)N(C)CCc1ccc(C)nc1. The van der Waals surface area contributed by atoms with Crippen molar-refractivity contribution in [1.82, 2.24) is 9.88 Å². The Labute approximate surface area is 84.8 Å². The van der Waals surface area contributed by atoms with Crippen LogP contribution >= 0.6 is 0 Å². The van der Waals surface area contributed by atoms with Crippen molar-refractivity contribution < 1.29 is 4.79 Å². The lowest BCUT2D eigenvalue weighted by molar-refractivity contribution is -0.127. The molecule has 0 atom stereocenters. The summed E-state index contributed by atoms with van der Waals surface area (Å²) in [7, 11) is 1.81. The van der Waals surface area contributed by atoms with Crippen LogP contribution in [0.3, 0.4) is 0 Å². The summed E-state index contributed by atoms with van der Waals surface area (Å²) in [5.41, 5.74) is 2.19. The monoisotopic (exact) mass is 192 g/mol. The Balaban J connectivity index is 2.46. The summed E-state index contributed by atoms with van der Waals surface area (Å²) < 4.78 is 0. The molecule has 0 aliphatic carbocycles. The average Bonchev–Trinajstić information content (AvgIpc) is 2.16. The first-order valence-corrected chi connectivity index (χ1v) is 4.73. The Morgan fingerprint density at radius 3 is 2.71 bits per heavy atom. The second-order valence-corrected chi connectivity index (χ2v) is 3.50. The van der Waals surface area contributed by atoms with Crippen molar-refractivity contribution in [2.75, 3.05) is 13.6 Å². The van der Waals surface area contributed by atoms with E-state index in [4.69, 9.17) is 0 Å². The zero-order valence-electron chi connectivity index (χ0n) is 8.95. The van der Waals surface area contributed by atoms with Gasteiger partial charge in [0, 0.05) is 32.4 Å².